The maximum Gasteiger partial charge on any atom is 0.109 e. The van der Waals surface area contributed by atoms with Gasteiger partial charge in [-0.1, -0.05) is 36.5 Å². The fraction of sp³-hybridized carbons (Fsp3) is 0.350. The van der Waals surface area contributed by atoms with Gasteiger partial charge in [0.25, 0.3) is 0 Å². The summed E-state index contributed by atoms with van der Waals surface area (Å²) >= 11 is 5.71. The molecule has 0 radical (unpaired) electrons. The summed E-state index contributed by atoms with van der Waals surface area (Å²) in [6.45, 7) is 6.22. The van der Waals surface area contributed by atoms with E-state index >= 15 is 0 Å². The van der Waals surface area contributed by atoms with Gasteiger partial charge in [-0.3, -0.25) is 0 Å². The molecule has 1 saturated heterocycles. The highest BCUT2D eigenvalue weighted by Gasteiger charge is 2.20. The van der Waals surface area contributed by atoms with Gasteiger partial charge in [-0.2, -0.15) is 0 Å². The zero-order chi connectivity index (χ0) is 16.5. The van der Waals surface area contributed by atoms with Crippen molar-refractivity contribution in [2.45, 2.75) is 13.1 Å². The second kappa shape index (κ2) is 6.54. The second-order valence-electron chi connectivity index (χ2n) is 6.77. The molecule has 0 spiro atoms. The van der Waals surface area contributed by atoms with Crippen molar-refractivity contribution in [3.63, 3.8) is 0 Å². The van der Waals surface area contributed by atoms with E-state index < -0.39 is 0 Å². The van der Waals surface area contributed by atoms with Crippen LogP contribution < -0.4 is 4.90 Å². The van der Waals surface area contributed by atoms with Gasteiger partial charge in [-0.25, -0.2) is 0 Å². The van der Waals surface area contributed by atoms with Crippen molar-refractivity contribution in [1.82, 2.24) is 9.80 Å². The molecule has 2 aliphatic rings. The molecular weight excluding hydrogens is 314 g/mol. The Kier molecular flexibility index (Phi) is 4.25. The van der Waals surface area contributed by atoms with Crippen molar-refractivity contribution < 1.29 is 0 Å². The molecule has 0 amide bonds. The second-order valence-corrected chi connectivity index (χ2v) is 7.15. The quantitative estimate of drug-likeness (QED) is 0.779. The highest BCUT2D eigenvalue weighted by atomic mass is 32.1. The molecule has 0 N–H and O–H groups in total. The molecule has 4 rings (SSSR count). The van der Waals surface area contributed by atoms with Gasteiger partial charge < -0.3 is 14.7 Å². The van der Waals surface area contributed by atoms with Gasteiger partial charge in [0.15, 0.2) is 0 Å². The molecule has 0 atom stereocenters. The minimum absolute atomic E-state index is 0.986. The van der Waals surface area contributed by atoms with Crippen molar-refractivity contribution in [3.8, 4) is 0 Å². The summed E-state index contributed by atoms with van der Waals surface area (Å²) in [7, 11) is 2.17. The normalized spacial score (nSPS) is 17.9. The van der Waals surface area contributed by atoms with Gasteiger partial charge in [-0.15, -0.1) is 0 Å². The van der Waals surface area contributed by atoms with E-state index in [0.717, 1.165) is 49.8 Å². The standard InChI is InChI=1S/C20H23N3S/c1-21-10-12-22(13-11-21)20(24)16-6-8-19(9-7-16)23-14-17-4-2-3-5-18(17)15-23/h2-9H,10-15H2,1H3. The molecule has 0 bridgehead atoms. The molecule has 2 aromatic carbocycles. The summed E-state index contributed by atoms with van der Waals surface area (Å²) in [5, 5.41) is 0. The first kappa shape index (κ1) is 15.6. The minimum atomic E-state index is 0.986. The number of piperazine rings is 1. The van der Waals surface area contributed by atoms with E-state index in [1.165, 1.54) is 16.8 Å². The number of anilines is 1. The number of hydrogen-bond donors (Lipinski definition) is 0. The number of nitrogens with zero attached hydrogens (tertiary/aromatic N) is 3. The lowest BCUT2D eigenvalue weighted by Gasteiger charge is -2.34. The monoisotopic (exact) mass is 337 g/mol. The molecule has 0 unspecified atom stereocenters. The Morgan fingerprint density at radius 2 is 1.42 bits per heavy atom. The molecule has 2 aromatic rings. The molecule has 0 aliphatic carbocycles. The zero-order valence-corrected chi connectivity index (χ0v) is 14.9. The largest absolute Gasteiger partial charge is 0.363 e. The Morgan fingerprint density at radius 3 is 2.00 bits per heavy atom. The predicted octanol–water partition coefficient (Wildman–Crippen LogP) is 3.13. The number of rotatable bonds is 2. The summed E-state index contributed by atoms with van der Waals surface area (Å²) in [5.41, 5.74) is 5.32. The SMILES string of the molecule is CN1CCN(C(=S)c2ccc(N3Cc4ccccc4C3)cc2)CC1. The van der Waals surface area contributed by atoms with Crippen LogP contribution in [-0.4, -0.2) is 48.0 Å². The minimum Gasteiger partial charge on any atom is -0.363 e. The number of likely N-dealkylation sites (N-methyl/N-ethyl adjacent to an activating group) is 1. The first-order chi connectivity index (χ1) is 11.7. The lowest BCUT2D eigenvalue weighted by Crippen LogP contribution is -2.46. The lowest BCUT2D eigenvalue weighted by atomic mass is 10.1. The van der Waals surface area contributed by atoms with E-state index in [0.29, 0.717) is 0 Å². The Morgan fingerprint density at radius 1 is 0.833 bits per heavy atom. The molecule has 0 aromatic heterocycles. The molecule has 24 heavy (non-hydrogen) atoms. The summed E-state index contributed by atoms with van der Waals surface area (Å²) in [5.74, 6) is 0. The zero-order valence-electron chi connectivity index (χ0n) is 14.1. The van der Waals surface area contributed by atoms with Gasteiger partial charge in [0, 0.05) is 50.5 Å². The van der Waals surface area contributed by atoms with E-state index in [9.17, 15) is 0 Å². The van der Waals surface area contributed by atoms with Crippen molar-refractivity contribution in [3.05, 3.63) is 65.2 Å². The van der Waals surface area contributed by atoms with Crippen LogP contribution in [0.2, 0.25) is 0 Å². The maximum absolute atomic E-state index is 5.71. The van der Waals surface area contributed by atoms with Crippen LogP contribution in [-0.2, 0) is 13.1 Å². The summed E-state index contributed by atoms with van der Waals surface area (Å²) in [4.78, 5) is 8.09. The van der Waals surface area contributed by atoms with Crippen LogP contribution in [0.25, 0.3) is 0 Å². The molecule has 2 heterocycles. The van der Waals surface area contributed by atoms with E-state index in [-0.39, 0.29) is 0 Å². The van der Waals surface area contributed by atoms with Crippen LogP contribution in [0.1, 0.15) is 16.7 Å². The van der Waals surface area contributed by atoms with Crippen LogP contribution in [0.5, 0.6) is 0 Å². The Labute approximate surface area is 149 Å². The van der Waals surface area contributed by atoms with Gasteiger partial charge in [0.05, 0.1) is 0 Å². The van der Waals surface area contributed by atoms with Crippen LogP contribution in [0.15, 0.2) is 48.5 Å². The highest BCUT2D eigenvalue weighted by Crippen LogP contribution is 2.28. The average Bonchev–Trinajstić information content (AvgIpc) is 3.06. The van der Waals surface area contributed by atoms with Crippen LogP contribution in [0.4, 0.5) is 5.69 Å². The fourth-order valence-electron chi connectivity index (χ4n) is 3.52. The Hall–Kier alpha value is -1.91. The predicted molar refractivity (Wildman–Crippen MR) is 104 cm³/mol. The summed E-state index contributed by atoms with van der Waals surface area (Å²) in [6, 6.07) is 17.5. The molecule has 2 aliphatic heterocycles. The van der Waals surface area contributed by atoms with Gasteiger partial charge in [-0.05, 0) is 42.4 Å². The van der Waals surface area contributed by atoms with Crippen molar-refractivity contribution in [2.75, 3.05) is 38.1 Å². The fourth-order valence-corrected chi connectivity index (χ4v) is 3.84. The number of benzene rings is 2. The first-order valence-corrected chi connectivity index (χ1v) is 9.01. The lowest BCUT2D eigenvalue weighted by molar-refractivity contribution is 0.218. The third-order valence-electron chi connectivity index (χ3n) is 5.11. The molecule has 1 fully saturated rings. The van der Waals surface area contributed by atoms with Crippen molar-refractivity contribution in [2.24, 2.45) is 0 Å². The van der Waals surface area contributed by atoms with Gasteiger partial charge in [0.1, 0.15) is 4.99 Å². The van der Waals surface area contributed by atoms with E-state index in [4.69, 9.17) is 12.2 Å². The van der Waals surface area contributed by atoms with Crippen molar-refractivity contribution in [1.29, 1.82) is 0 Å². The average molecular weight is 337 g/mol. The van der Waals surface area contributed by atoms with Crippen LogP contribution in [0.3, 0.4) is 0 Å². The van der Waals surface area contributed by atoms with Gasteiger partial charge >= 0.3 is 0 Å². The highest BCUT2D eigenvalue weighted by molar-refractivity contribution is 7.80. The summed E-state index contributed by atoms with van der Waals surface area (Å²) in [6.07, 6.45) is 0. The summed E-state index contributed by atoms with van der Waals surface area (Å²) < 4.78 is 0. The van der Waals surface area contributed by atoms with Crippen LogP contribution in [0, 0.1) is 0 Å². The van der Waals surface area contributed by atoms with Gasteiger partial charge in [0.2, 0.25) is 0 Å². The van der Waals surface area contributed by atoms with Crippen LogP contribution >= 0.6 is 12.2 Å². The third-order valence-corrected chi connectivity index (χ3v) is 5.60. The molecule has 3 nitrogen and oxygen atoms in total. The van der Waals surface area contributed by atoms with E-state index in [1.807, 2.05) is 0 Å². The number of fused-ring (bicyclic) bond motifs is 1. The molecule has 124 valence electrons. The number of thiocarbonyl (C=S) groups is 1. The van der Waals surface area contributed by atoms with Crippen molar-refractivity contribution >= 4 is 22.9 Å². The Balaban J connectivity index is 1.45. The molecular formula is C20H23N3S. The molecule has 0 saturated carbocycles. The molecule has 4 heteroatoms. The topological polar surface area (TPSA) is 9.72 Å². The first-order valence-electron chi connectivity index (χ1n) is 8.60. The Bertz CT molecular complexity index is 708. The number of hydrogen-bond acceptors (Lipinski definition) is 3. The maximum atomic E-state index is 5.71. The third kappa shape index (κ3) is 3.04. The van der Waals surface area contributed by atoms with E-state index in [2.05, 4.69) is 70.3 Å². The van der Waals surface area contributed by atoms with E-state index in [1.54, 1.807) is 0 Å². The smallest absolute Gasteiger partial charge is 0.109 e.